The molecule has 0 saturated carbocycles. The topological polar surface area (TPSA) is 37.8 Å². The molecule has 3 rings (SSSR count). The van der Waals surface area contributed by atoms with Crippen molar-refractivity contribution in [3.63, 3.8) is 0 Å². The summed E-state index contributed by atoms with van der Waals surface area (Å²) in [5.41, 5.74) is 4.48. The van der Waals surface area contributed by atoms with Gasteiger partial charge in [0.25, 0.3) is 0 Å². The number of hydrogen-bond acceptors (Lipinski definition) is 3. The molecule has 0 aliphatic carbocycles. The summed E-state index contributed by atoms with van der Waals surface area (Å²) in [6.45, 7) is 5.03. The van der Waals surface area contributed by atoms with Crippen LogP contribution in [0.4, 0.5) is 0 Å². The van der Waals surface area contributed by atoms with Crippen molar-refractivity contribution in [3.05, 3.63) is 71.7 Å². The summed E-state index contributed by atoms with van der Waals surface area (Å²) in [6, 6.07) is 14.7. The van der Waals surface area contributed by atoms with E-state index < -0.39 is 0 Å². The van der Waals surface area contributed by atoms with Crippen LogP contribution >= 0.6 is 0 Å². The summed E-state index contributed by atoms with van der Waals surface area (Å²) in [5.74, 6) is 0. The summed E-state index contributed by atoms with van der Waals surface area (Å²) in [4.78, 5) is 8.88. The van der Waals surface area contributed by atoms with Crippen molar-refractivity contribution < 1.29 is 0 Å². The average molecular weight is 277 g/mol. The van der Waals surface area contributed by atoms with Crippen molar-refractivity contribution in [1.82, 2.24) is 15.3 Å². The Bertz CT molecular complexity index is 730. The van der Waals surface area contributed by atoms with Gasteiger partial charge in [-0.3, -0.25) is 9.97 Å². The zero-order valence-electron chi connectivity index (χ0n) is 12.4. The lowest BCUT2D eigenvalue weighted by atomic mass is 9.96. The van der Waals surface area contributed by atoms with Gasteiger partial charge in [-0.1, -0.05) is 31.2 Å². The Hall–Kier alpha value is -2.26. The van der Waals surface area contributed by atoms with Crippen LogP contribution in [0.2, 0.25) is 0 Å². The minimum atomic E-state index is 0.135. The largest absolute Gasteiger partial charge is 0.306 e. The molecule has 0 aliphatic heterocycles. The highest BCUT2D eigenvalue weighted by Crippen LogP contribution is 2.27. The zero-order chi connectivity index (χ0) is 14.7. The molecule has 0 bridgehead atoms. The van der Waals surface area contributed by atoms with Gasteiger partial charge in [-0.15, -0.1) is 0 Å². The number of hydrogen-bond donors (Lipinski definition) is 1. The molecule has 3 nitrogen and oxygen atoms in total. The average Bonchev–Trinajstić information content (AvgIpc) is 2.53. The van der Waals surface area contributed by atoms with E-state index in [1.807, 2.05) is 25.4 Å². The normalized spacial score (nSPS) is 12.5. The Kier molecular flexibility index (Phi) is 3.93. The van der Waals surface area contributed by atoms with E-state index >= 15 is 0 Å². The molecule has 0 amide bonds. The molecule has 2 aromatic heterocycles. The van der Waals surface area contributed by atoms with Crippen molar-refractivity contribution in [2.24, 2.45) is 0 Å². The molecule has 106 valence electrons. The fraction of sp³-hybridized carbons (Fsp3) is 0.222. The second kappa shape index (κ2) is 6.02. The van der Waals surface area contributed by atoms with Crippen LogP contribution in [-0.2, 0) is 0 Å². The maximum atomic E-state index is 4.45. The molecule has 0 fully saturated rings. The van der Waals surface area contributed by atoms with E-state index in [0.717, 1.165) is 17.8 Å². The quantitative estimate of drug-likeness (QED) is 0.791. The van der Waals surface area contributed by atoms with Gasteiger partial charge in [-0.2, -0.15) is 0 Å². The minimum Gasteiger partial charge on any atom is -0.306 e. The van der Waals surface area contributed by atoms with Crippen LogP contribution in [0.15, 0.2) is 54.9 Å². The second-order valence-electron chi connectivity index (χ2n) is 5.14. The summed E-state index contributed by atoms with van der Waals surface area (Å²) in [5, 5.41) is 4.75. The molecule has 1 atom stereocenters. The Morgan fingerprint density at radius 3 is 2.67 bits per heavy atom. The van der Waals surface area contributed by atoms with E-state index in [9.17, 15) is 0 Å². The van der Waals surface area contributed by atoms with Gasteiger partial charge in [0, 0.05) is 23.5 Å². The standard InChI is InChI=1S/C18H19N3/c1-3-19-18(14-9-8-13(2)21-12-14)16-10-11-20-17-7-5-4-6-15(16)17/h4-12,18-19H,3H2,1-2H3. The lowest BCUT2D eigenvalue weighted by molar-refractivity contribution is 0.631. The number of fused-ring (bicyclic) bond motifs is 1. The molecule has 1 aromatic carbocycles. The fourth-order valence-corrected chi connectivity index (χ4v) is 2.63. The molecule has 2 heterocycles. The van der Waals surface area contributed by atoms with Gasteiger partial charge in [-0.05, 0) is 42.8 Å². The third-order valence-corrected chi connectivity index (χ3v) is 3.67. The zero-order valence-corrected chi connectivity index (χ0v) is 12.4. The number of aryl methyl sites for hydroxylation is 1. The molecular weight excluding hydrogens is 258 g/mol. The lowest BCUT2D eigenvalue weighted by Crippen LogP contribution is -2.22. The fourth-order valence-electron chi connectivity index (χ4n) is 2.63. The first kappa shape index (κ1) is 13.7. The van der Waals surface area contributed by atoms with Crippen molar-refractivity contribution in [2.75, 3.05) is 6.54 Å². The third-order valence-electron chi connectivity index (χ3n) is 3.67. The molecule has 3 aromatic rings. The molecule has 1 unspecified atom stereocenters. The van der Waals surface area contributed by atoms with Crippen molar-refractivity contribution in [3.8, 4) is 0 Å². The van der Waals surface area contributed by atoms with Gasteiger partial charge in [-0.25, -0.2) is 0 Å². The molecule has 0 radical (unpaired) electrons. The van der Waals surface area contributed by atoms with Gasteiger partial charge >= 0.3 is 0 Å². The Morgan fingerprint density at radius 1 is 1.05 bits per heavy atom. The molecule has 0 aliphatic rings. The Morgan fingerprint density at radius 2 is 1.90 bits per heavy atom. The molecule has 0 saturated heterocycles. The highest BCUT2D eigenvalue weighted by molar-refractivity contribution is 5.82. The summed E-state index contributed by atoms with van der Waals surface area (Å²) >= 11 is 0. The predicted molar refractivity (Wildman–Crippen MR) is 86.2 cm³/mol. The first-order chi connectivity index (χ1) is 10.3. The summed E-state index contributed by atoms with van der Waals surface area (Å²) in [7, 11) is 0. The van der Waals surface area contributed by atoms with E-state index in [1.54, 1.807) is 0 Å². The monoisotopic (exact) mass is 277 g/mol. The number of rotatable bonds is 4. The molecule has 1 N–H and O–H groups in total. The molecule has 21 heavy (non-hydrogen) atoms. The number of nitrogens with one attached hydrogen (secondary N) is 1. The van der Waals surface area contributed by atoms with Gasteiger partial charge in [0.1, 0.15) is 0 Å². The summed E-state index contributed by atoms with van der Waals surface area (Å²) in [6.07, 6.45) is 3.83. The van der Waals surface area contributed by atoms with Crippen LogP contribution in [0.25, 0.3) is 10.9 Å². The van der Waals surface area contributed by atoms with Crippen molar-refractivity contribution in [1.29, 1.82) is 0 Å². The van der Waals surface area contributed by atoms with Crippen LogP contribution < -0.4 is 5.32 Å². The van der Waals surface area contributed by atoms with Gasteiger partial charge in [0.15, 0.2) is 0 Å². The predicted octanol–water partition coefficient (Wildman–Crippen LogP) is 3.64. The smallest absolute Gasteiger partial charge is 0.0705 e. The molecule has 0 spiro atoms. The summed E-state index contributed by atoms with van der Waals surface area (Å²) < 4.78 is 0. The first-order valence-corrected chi connectivity index (χ1v) is 7.29. The van der Waals surface area contributed by atoms with Gasteiger partial charge in [0.2, 0.25) is 0 Å². The van der Waals surface area contributed by atoms with Crippen LogP contribution in [0, 0.1) is 6.92 Å². The molecule has 3 heteroatoms. The number of para-hydroxylation sites is 1. The SMILES string of the molecule is CCNC(c1ccc(C)nc1)c1ccnc2ccccc12. The van der Waals surface area contributed by atoms with E-state index in [1.165, 1.54) is 16.5 Å². The maximum absolute atomic E-state index is 4.45. The van der Waals surface area contributed by atoms with Crippen LogP contribution in [0.3, 0.4) is 0 Å². The highest BCUT2D eigenvalue weighted by atomic mass is 14.9. The van der Waals surface area contributed by atoms with Crippen LogP contribution in [0.5, 0.6) is 0 Å². The van der Waals surface area contributed by atoms with Crippen molar-refractivity contribution in [2.45, 2.75) is 19.9 Å². The van der Waals surface area contributed by atoms with Crippen LogP contribution in [0.1, 0.15) is 29.8 Å². The first-order valence-electron chi connectivity index (χ1n) is 7.29. The van der Waals surface area contributed by atoms with E-state index in [-0.39, 0.29) is 6.04 Å². The number of nitrogens with zero attached hydrogens (tertiary/aromatic N) is 2. The number of benzene rings is 1. The third kappa shape index (κ3) is 2.78. The van der Waals surface area contributed by atoms with E-state index in [4.69, 9.17) is 0 Å². The van der Waals surface area contributed by atoms with E-state index in [2.05, 4.69) is 58.6 Å². The molecular formula is C18H19N3. The Balaban J connectivity index is 2.13. The van der Waals surface area contributed by atoms with Gasteiger partial charge in [0.05, 0.1) is 11.6 Å². The Labute approximate surface area is 125 Å². The second-order valence-corrected chi connectivity index (χ2v) is 5.14. The highest BCUT2D eigenvalue weighted by Gasteiger charge is 2.16. The maximum Gasteiger partial charge on any atom is 0.0705 e. The lowest BCUT2D eigenvalue weighted by Gasteiger charge is -2.20. The van der Waals surface area contributed by atoms with Crippen molar-refractivity contribution >= 4 is 10.9 Å². The van der Waals surface area contributed by atoms with Crippen LogP contribution in [-0.4, -0.2) is 16.5 Å². The number of pyridine rings is 2. The van der Waals surface area contributed by atoms with E-state index in [0.29, 0.717) is 0 Å². The minimum absolute atomic E-state index is 0.135. The number of aromatic nitrogens is 2. The van der Waals surface area contributed by atoms with Gasteiger partial charge < -0.3 is 5.32 Å².